The number of nitrogens with zero attached hydrogens (tertiary/aromatic N) is 2. The normalized spacial score (nSPS) is 39.4. The average molecular weight is 210 g/mol. The van der Waals surface area contributed by atoms with Crippen molar-refractivity contribution in [2.45, 2.75) is 64.6 Å². The highest BCUT2D eigenvalue weighted by atomic mass is 15.4. The van der Waals surface area contributed by atoms with Gasteiger partial charge in [-0.15, -0.1) is 0 Å². The summed E-state index contributed by atoms with van der Waals surface area (Å²) < 4.78 is 0. The van der Waals surface area contributed by atoms with Crippen LogP contribution in [0, 0.1) is 0 Å². The Balaban J connectivity index is 2.11. The Morgan fingerprint density at radius 2 is 1.87 bits per heavy atom. The Hall–Kier alpha value is -0.0800. The standard InChI is InChI=1S/C13H26N2/c1-11-6-7-13(5)10-14(12(2,3)4)8-9-15(11)13/h11H,6-10H2,1-5H3. The Morgan fingerprint density at radius 1 is 1.20 bits per heavy atom. The lowest BCUT2D eigenvalue weighted by Crippen LogP contribution is -2.62. The smallest absolute Gasteiger partial charge is 0.0312 e. The van der Waals surface area contributed by atoms with Crippen LogP contribution >= 0.6 is 0 Å². The molecule has 0 amide bonds. The van der Waals surface area contributed by atoms with Gasteiger partial charge < -0.3 is 0 Å². The van der Waals surface area contributed by atoms with Crippen LogP contribution in [0.15, 0.2) is 0 Å². The Morgan fingerprint density at radius 3 is 2.47 bits per heavy atom. The summed E-state index contributed by atoms with van der Waals surface area (Å²) in [5, 5.41) is 0. The van der Waals surface area contributed by atoms with E-state index in [-0.39, 0.29) is 0 Å². The van der Waals surface area contributed by atoms with Gasteiger partial charge in [0.15, 0.2) is 0 Å². The molecule has 0 aliphatic carbocycles. The fraction of sp³-hybridized carbons (Fsp3) is 1.00. The summed E-state index contributed by atoms with van der Waals surface area (Å²) in [5.74, 6) is 0. The average Bonchev–Trinajstić information content (AvgIpc) is 2.40. The molecule has 0 bridgehead atoms. The number of hydrogen-bond donors (Lipinski definition) is 0. The molecule has 15 heavy (non-hydrogen) atoms. The zero-order valence-corrected chi connectivity index (χ0v) is 11.0. The Kier molecular flexibility index (Phi) is 2.63. The molecule has 2 aliphatic heterocycles. The van der Waals surface area contributed by atoms with E-state index in [2.05, 4.69) is 44.4 Å². The zero-order valence-electron chi connectivity index (χ0n) is 11.0. The number of piperazine rings is 1. The van der Waals surface area contributed by atoms with Crippen LogP contribution in [0.2, 0.25) is 0 Å². The molecule has 2 atom stereocenters. The maximum atomic E-state index is 2.73. The summed E-state index contributed by atoms with van der Waals surface area (Å²) in [6.45, 7) is 15.6. The van der Waals surface area contributed by atoms with Gasteiger partial charge in [-0.25, -0.2) is 0 Å². The van der Waals surface area contributed by atoms with Crippen LogP contribution in [0.5, 0.6) is 0 Å². The van der Waals surface area contributed by atoms with Crippen LogP contribution in [-0.4, -0.2) is 46.6 Å². The molecule has 0 aromatic carbocycles. The third-order valence-corrected chi connectivity index (χ3v) is 4.42. The van der Waals surface area contributed by atoms with E-state index >= 15 is 0 Å². The monoisotopic (exact) mass is 210 g/mol. The van der Waals surface area contributed by atoms with Gasteiger partial charge in [0.1, 0.15) is 0 Å². The predicted molar refractivity (Wildman–Crippen MR) is 65.1 cm³/mol. The molecule has 0 aromatic heterocycles. The van der Waals surface area contributed by atoms with Crippen LogP contribution in [-0.2, 0) is 0 Å². The van der Waals surface area contributed by atoms with Gasteiger partial charge in [-0.3, -0.25) is 9.80 Å². The van der Waals surface area contributed by atoms with E-state index in [9.17, 15) is 0 Å². The summed E-state index contributed by atoms with van der Waals surface area (Å²) in [5.41, 5.74) is 0.784. The minimum atomic E-state index is 0.334. The number of rotatable bonds is 0. The highest BCUT2D eigenvalue weighted by Gasteiger charge is 2.46. The molecule has 0 aromatic rings. The van der Waals surface area contributed by atoms with Crippen molar-refractivity contribution in [2.24, 2.45) is 0 Å². The molecule has 2 aliphatic rings. The summed E-state index contributed by atoms with van der Waals surface area (Å²) in [4.78, 5) is 5.39. The molecule has 2 unspecified atom stereocenters. The van der Waals surface area contributed by atoms with E-state index in [4.69, 9.17) is 0 Å². The van der Waals surface area contributed by atoms with Gasteiger partial charge in [0.2, 0.25) is 0 Å². The first kappa shape index (κ1) is 11.4. The highest BCUT2D eigenvalue weighted by molar-refractivity contribution is 5.02. The van der Waals surface area contributed by atoms with Gasteiger partial charge >= 0.3 is 0 Å². The molecule has 2 heterocycles. The maximum Gasteiger partial charge on any atom is 0.0312 e. The minimum Gasteiger partial charge on any atom is -0.295 e. The van der Waals surface area contributed by atoms with Crippen molar-refractivity contribution in [1.29, 1.82) is 0 Å². The maximum absolute atomic E-state index is 2.73. The first-order chi connectivity index (χ1) is 6.83. The molecule has 0 radical (unpaired) electrons. The Labute approximate surface area is 94.6 Å². The van der Waals surface area contributed by atoms with Crippen LogP contribution < -0.4 is 0 Å². The summed E-state index contributed by atoms with van der Waals surface area (Å²) in [7, 11) is 0. The van der Waals surface area contributed by atoms with Gasteiger partial charge in [-0.2, -0.15) is 0 Å². The van der Waals surface area contributed by atoms with Gasteiger partial charge in [-0.05, 0) is 47.5 Å². The van der Waals surface area contributed by atoms with Crippen molar-refractivity contribution >= 4 is 0 Å². The minimum absolute atomic E-state index is 0.334. The van der Waals surface area contributed by atoms with E-state index < -0.39 is 0 Å². The number of fused-ring (bicyclic) bond motifs is 1. The van der Waals surface area contributed by atoms with E-state index in [1.807, 2.05) is 0 Å². The summed E-state index contributed by atoms with van der Waals surface area (Å²) in [6, 6.07) is 0.803. The quantitative estimate of drug-likeness (QED) is 0.605. The fourth-order valence-electron chi connectivity index (χ4n) is 3.30. The Bertz CT molecular complexity index is 243. The van der Waals surface area contributed by atoms with E-state index in [1.54, 1.807) is 0 Å². The van der Waals surface area contributed by atoms with Gasteiger partial charge in [0, 0.05) is 36.8 Å². The molecule has 0 spiro atoms. The summed E-state index contributed by atoms with van der Waals surface area (Å²) >= 11 is 0. The van der Waals surface area contributed by atoms with Crippen molar-refractivity contribution in [3.8, 4) is 0 Å². The van der Waals surface area contributed by atoms with Crippen molar-refractivity contribution < 1.29 is 0 Å². The van der Waals surface area contributed by atoms with Crippen LogP contribution in [0.1, 0.15) is 47.5 Å². The molecule has 2 nitrogen and oxygen atoms in total. The number of hydrogen-bond acceptors (Lipinski definition) is 2. The lowest BCUT2D eigenvalue weighted by atomic mass is 9.92. The zero-order chi connectivity index (χ0) is 11.3. The molecule has 2 fully saturated rings. The van der Waals surface area contributed by atoms with E-state index in [1.165, 1.54) is 32.5 Å². The molecule has 2 saturated heterocycles. The second-order valence-electron chi connectivity index (χ2n) is 6.67. The molecule has 0 saturated carbocycles. The summed E-state index contributed by atoms with van der Waals surface area (Å²) in [6.07, 6.45) is 2.76. The first-order valence-electron chi connectivity index (χ1n) is 6.35. The van der Waals surface area contributed by atoms with Crippen LogP contribution in [0.4, 0.5) is 0 Å². The van der Waals surface area contributed by atoms with Crippen molar-refractivity contribution in [3.05, 3.63) is 0 Å². The third-order valence-electron chi connectivity index (χ3n) is 4.42. The van der Waals surface area contributed by atoms with Gasteiger partial charge in [0.25, 0.3) is 0 Å². The largest absolute Gasteiger partial charge is 0.295 e. The van der Waals surface area contributed by atoms with E-state index in [0.717, 1.165) is 6.04 Å². The first-order valence-corrected chi connectivity index (χ1v) is 6.35. The van der Waals surface area contributed by atoms with Gasteiger partial charge in [-0.1, -0.05) is 0 Å². The van der Waals surface area contributed by atoms with Crippen molar-refractivity contribution in [2.75, 3.05) is 19.6 Å². The van der Waals surface area contributed by atoms with Crippen molar-refractivity contribution in [3.63, 3.8) is 0 Å². The molecule has 0 N–H and O–H groups in total. The molecular weight excluding hydrogens is 184 g/mol. The van der Waals surface area contributed by atoms with Crippen molar-refractivity contribution in [1.82, 2.24) is 9.80 Å². The lowest BCUT2D eigenvalue weighted by molar-refractivity contribution is -0.0185. The van der Waals surface area contributed by atoms with E-state index in [0.29, 0.717) is 11.1 Å². The molecule has 2 heteroatoms. The van der Waals surface area contributed by atoms with Crippen LogP contribution in [0.25, 0.3) is 0 Å². The topological polar surface area (TPSA) is 6.48 Å². The molecule has 88 valence electrons. The fourth-order valence-corrected chi connectivity index (χ4v) is 3.30. The highest BCUT2D eigenvalue weighted by Crippen LogP contribution is 2.37. The predicted octanol–water partition coefficient (Wildman–Crippen LogP) is 2.34. The SMILES string of the molecule is CC1CCC2(C)CN(C(C)(C)C)CCN12. The second kappa shape index (κ2) is 3.46. The third kappa shape index (κ3) is 1.94. The lowest BCUT2D eigenvalue weighted by Gasteiger charge is -2.51. The second-order valence-corrected chi connectivity index (χ2v) is 6.67. The molecule has 2 rings (SSSR count). The van der Waals surface area contributed by atoms with Crippen LogP contribution in [0.3, 0.4) is 0 Å². The molecular formula is C13H26N2. The van der Waals surface area contributed by atoms with Gasteiger partial charge in [0.05, 0.1) is 0 Å².